The van der Waals surface area contributed by atoms with Gasteiger partial charge in [-0.25, -0.2) is 9.37 Å². The fraction of sp³-hybridized carbons (Fsp3) is 0.0417. The van der Waals surface area contributed by atoms with E-state index >= 15 is 0 Å². The molecule has 1 N–H and O–H groups in total. The van der Waals surface area contributed by atoms with Crippen LogP contribution in [0.15, 0.2) is 89.7 Å². The highest BCUT2D eigenvalue weighted by molar-refractivity contribution is 7.98. The molecule has 0 aliphatic rings. The van der Waals surface area contributed by atoms with Crippen molar-refractivity contribution in [2.75, 3.05) is 5.32 Å². The molecule has 3 heterocycles. The number of anilines is 1. The number of nitrogens with one attached hydrogen (secondary N) is 1. The van der Waals surface area contributed by atoms with Crippen LogP contribution < -0.4 is 5.32 Å². The zero-order valence-corrected chi connectivity index (χ0v) is 19.3. The lowest BCUT2D eigenvalue weighted by atomic mass is 10.2. The van der Waals surface area contributed by atoms with Crippen LogP contribution in [0.2, 0.25) is 0 Å². The lowest BCUT2D eigenvalue weighted by Gasteiger charge is -2.09. The summed E-state index contributed by atoms with van der Waals surface area (Å²) >= 11 is 2.89. The molecule has 0 aliphatic heterocycles. The van der Waals surface area contributed by atoms with Crippen molar-refractivity contribution in [3.05, 3.63) is 101 Å². The molecule has 0 radical (unpaired) electrons. The molecule has 0 saturated heterocycles. The molecule has 0 unspecified atom stereocenters. The molecule has 0 atom stereocenters. The van der Waals surface area contributed by atoms with Gasteiger partial charge in [0, 0.05) is 34.7 Å². The molecule has 2 aromatic carbocycles. The third-order valence-corrected chi connectivity index (χ3v) is 6.77. The normalized spacial score (nSPS) is 10.9. The predicted molar refractivity (Wildman–Crippen MR) is 131 cm³/mol. The van der Waals surface area contributed by atoms with Crippen LogP contribution in [-0.2, 0) is 5.75 Å². The molecule has 0 saturated carbocycles. The summed E-state index contributed by atoms with van der Waals surface area (Å²) < 4.78 is 15.1. The molecular weight excluding hydrogens is 471 g/mol. The first-order chi connectivity index (χ1) is 16.7. The Bertz CT molecular complexity index is 1400. The SMILES string of the molecule is O=C(Nc1ccc(F)cc1)c1csc(CSc2nnc(-c3ccncc3)n2-c2ccccc2)n1. The first-order valence-corrected chi connectivity index (χ1v) is 12.1. The van der Waals surface area contributed by atoms with Gasteiger partial charge in [0.1, 0.15) is 16.5 Å². The van der Waals surface area contributed by atoms with E-state index in [0.29, 0.717) is 22.3 Å². The van der Waals surface area contributed by atoms with Gasteiger partial charge in [0.15, 0.2) is 11.0 Å². The second-order valence-electron chi connectivity index (χ2n) is 7.09. The Hall–Kier alpha value is -3.89. The molecule has 0 fully saturated rings. The number of carbonyl (C=O) groups is 1. The Morgan fingerprint density at radius 1 is 1.00 bits per heavy atom. The number of para-hydroxylation sites is 1. The van der Waals surface area contributed by atoms with E-state index in [1.54, 1.807) is 17.8 Å². The number of thiazole rings is 1. The topological polar surface area (TPSA) is 85.6 Å². The minimum Gasteiger partial charge on any atom is -0.321 e. The standard InChI is InChI=1S/C24H17FN6OS2/c25-17-6-8-18(9-7-17)27-23(32)20-14-33-21(28-20)15-34-24-30-29-22(16-10-12-26-13-11-16)31(24)19-4-2-1-3-5-19/h1-14H,15H2,(H,27,32). The Morgan fingerprint density at radius 2 is 1.76 bits per heavy atom. The second-order valence-corrected chi connectivity index (χ2v) is 8.97. The lowest BCUT2D eigenvalue weighted by molar-refractivity contribution is 0.102. The zero-order valence-electron chi connectivity index (χ0n) is 17.6. The van der Waals surface area contributed by atoms with Gasteiger partial charge in [0.25, 0.3) is 5.91 Å². The second kappa shape index (κ2) is 9.94. The minimum atomic E-state index is -0.360. The first kappa shape index (κ1) is 21.9. The summed E-state index contributed by atoms with van der Waals surface area (Å²) in [5, 5.41) is 14.8. The molecule has 0 bridgehead atoms. The van der Waals surface area contributed by atoms with Crippen molar-refractivity contribution in [2.45, 2.75) is 10.9 Å². The number of rotatable bonds is 7. The van der Waals surface area contributed by atoms with Gasteiger partial charge in [-0.2, -0.15) is 0 Å². The van der Waals surface area contributed by atoms with Gasteiger partial charge >= 0.3 is 0 Å². The quantitative estimate of drug-likeness (QED) is 0.306. The van der Waals surface area contributed by atoms with Crippen LogP contribution in [0.4, 0.5) is 10.1 Å². The molecule has 1 amide bonds. The van der Waals surface area contributed by atoms with Crippen molar-refractivity contribution in [1.82, 2.24) is 24.7 Å². The molecule has 5 aromatic rings. The Kier molecular flexibility index (Phi) is 6.41. The van der Waals surface area contributed by atoms with Crippen molar-refractivity contribution in [2.24, 2.45) is 0 Å². The molecule has 168 valence electrons. The number of halogens is 1. The maximum absolute atomic E-state index is 13.1. The van der Waals surface area contributed by atoms with Gasteiger partial charge in [-0.05, 0) is 48.5 Å². The average molecular weight is 489 g/mol. The molecule has 5 rings (SSSR count). The highest BCUT2D eigenvalue weighted by Gasteiger charge is 2.17. The first-order valence-electron chi connectivity index (χ1n) is 10.2. The largest absolute Gasteiger partial charge is 0.321 e. The molecule has 0 spiro atoms. The van der Waals surface area contributed by atoms with Crippen molar-refractivity contribution >= 4 is 34.7 Å². The van der Waals surface area contributed by atoms with Gasteiger partial charge < -0.3 is 5.32 Å². The maximum Gasteiger partial charge on any atom is 0.275 e. The van der Waals surface area contributed by atoms with Crippen LogP contribution in [0.3, 0.4) is 0 Å². The smallest absolute Gasteiger partial charge is 0.275 e. The number of hydrogen-bond acceptors (Lipinski definition) is 7. The Labute approximate surface area is 202 Å². The number of benzene rings is 2. The summed E-state index contributed by atoms with van der Waals surface area (Å²) in [4.78, 5) is 21.0. The van der Waals surface area contributed by atoms with Crippen molar-refractivity contribution in [3.63, 3.8) is 0 Å². The third-order valence-electron chi connectivity index (χ3n) is 4.80. The number of aromatic nitrogens is 5. The highest BCUT2D eigenvalue weighted by Crippen LogP contribution is 2.30. The van der Waals surface area contributed by atoms with E-state index in [9.17, 15) is 9.18 Å². The van der Waals surface area contributed by atoms with Crippen LogP contribution in [0.25, 0.3) is 17.1 Å². The van der Waals surface area contributed by atoms with E-state index in [-0.39, 0.29) is 11.7 Å². The number of amides is 1. The molecule has 7 nitrogen and oxygen atoms in total. The number of nitrogens with zero attached hydrogens (tertiary/aromatic N) is 5. The van der Waals surface area contributed by atoms with Crippen LogP contribution in [0, 0.1) is 5.82 Å². The monoisotopic (exact) mass is 488 g/mol. The maximum atomic E-state index is 13.1. The fourth-order valence-electron chi connectivity index (χ4n) is 3.20. The van der Waals surface area contributed by atoms with Crippen LogP contribution in [0.5, 0.6) is 0 Å². The van der Waals surface area contributed by atoms with Gasteiger partial charge in [-0.1, -0.05) is 30.0 Å². The van der Waals surface area contributed by atoms with Gasteiger partial charge in [-0.3, -0.25) is 14.3 Å². The van der Waals surface area contributed by atoms with Crippen LogP contribution >= 0.6 is 23.1 Å². The van der Waals surface area contributed by atoms with E-state index in [1.807, 2.05) is 47.0 Å². The summed E-state index contributed by atoms with van der Waals surface area (Å²) in [7, 11) is 0. The predicted octanol–water partition coefficient (Wildman–Crippen LogP) is 5.47. The van der Waals surface area contributed by atoms with Gasteiger partial charge in [0.2, 0.25) is 0 Å². The summed E-state index contributed by atoms with van der Waals surface area (Å²) in [6.45, 7) is 0. The zero-order chi connectivity index (χ0) is 23.3. The highest BCUT2D eigenvalue weighted by atomic mass is 32.2. The van der Waals surface area contributed by atoms with Crippen molar-refractivity contribution in [3.8, 4) is 17.1 Å². The van der Waals surface area contributed by atoms with Gasteiger partial charge in [-0.15, -0.1) is 21.5 Å². The van der Waals surface area contributed by atoms with Crippen molar-refractivity contribution < 1.29 is 9.18 Å². The number of hydrogen-bond donors (Lipinski definition) is 1. The summed E-state index contributed by atoms with van der Waals surface area (Å²) in [6.07, 6.45) is 3.44. The number of pyridine rings is 1. The summed E-state index contributed by atoms with van der Waals surface area (Å²) in [5.41, 5.74) is 2.68. The van der Waals surface area contributed by atoms with E-state index in [2.05, 4.69) is 25.5 Å². The number of carbonyl (C=O) groups excluding carboxylic acids is 1. The van der Waals surface area contributed by atoms with E-state index in [0.717, 1.165) is 22.1 Å². The molecular formula is C24H17FN6OS2. The average Bonchev–Trinajstić information content (AvgIpc) is 3.53. The molecule has 10 heteroatoms. The Morgan fingerprint density at radius 3 is 2.53 bits per heavy atom. The summed E-state index contributed by atoms with van der Waals surface area (Å²) in [6, 6.07) is 19.3. The van der Waals surface area contributed by atoms with E-state index in [1.165, 1.54) is 47.4 Å². The molecule has 3 aromatic heterocycles. The van der Waals surface area contributed by atoms with Crippen LogP contribution in [0.1, 0.15) is 15.5 Å². The summed E-state index contributed by atoms with van der Waals surface area (Å²) in [5.74, 6) is 0.540. The van der Waals surface area contributed by atoms with E-state index in [4.69, 9.17) is 0 Å². The third kappa shape index (κ3) is 4.87. The van der Waals surface area contributed by atoms with Crippen LogP contribution in [-0.4, -0.2) is 30.6 Å². The molecule has 0 aliphatic carbocycles. The minimum absolute atomic E-state index is 0.312. The van der Waals surface area contributed by atoms with E-state index < -0.39 is 0 Å². The Balaban J connectivity index is 1.34. The lowest BCUT2D eigenvalue weighted by Crippen LogP contribution is -2.12. The van der Waals surface area contributed by atoms with Crippen molar-refractivity contribution in [1.29, 1.82) is 0 Å². The van der Waals surface area contributed by atoms with Gasteiger partial charge in [0.05, 0.1) is 5.75 Å². The number of thioether (sulfide) groups is 1. The fourth-order valence-corrected chi connectivity index (χ4v) is 4.94. The molecule has 34 heavy (non-hydrogen) atoms.